The van der Waals surface area contributed by atoms with Crippen molar-refractivity contribution in [2.75, 3.05) is 25.1 Å². The number of aliphatic hydroxyl groups is 1. The number of esters is 1. The van der Waals surface area contributed by atoms with E-state index in [-0.39, 0.29) is 19.2 Å². The second-order valence-corrected chi connectivity index (χ2v) is 11.8. The number of carbonyl (C=O) groups excluding carboxylic acids is 1. The fourth-order valence-corrected chi connectivity index (χ4v) is 6.44. The molecule has 0 saturated heterocycles. The summed E-state index contributed by atoms with van der Waals surface area (Å²) in [6.07, 6.45) is 2.12. The van der Waals surface area contributed by atoms with Crippen molar-refractivity contribution >= 4 is 33.3 Å². The van der Waals surface area contributed by atoms with Gasteiger partial charge >= 0.3 is 5.97 Å². The molecule has 0 aliphatic heterocycles. The van der Waals surface area contributed by atoms with Crippen molar-refractivity contribution in [3.05, 3.63) is 113 Å². The molecule has 0 fully saturated rings. The molecular weight excluding hydrogens is 612 g/mol. The van der Waals surface area contributed by atoms with Gasteiger partial charge in [0.1, 0.15) is 11.4 Å². The fourth-order valence-electron chi connectivity index (χ4n) is 6.44. The SMILES string of the molecule is CC.CCOC(=O)c1c(CCCOc2cccc3ccccc23)c2cccc(-c3c(CO)n[nH]c3C)c2n1CCCNc1ccc(C)cc1. The topological polar surface area (TPSA) is 101 Å². The number of aromatic nitrogens is 3. The smallest absolute Gasteiger partial charge is 0.355 e. The Balaban J connectivity index is 0.00000230. The summed E-state index contributed by atoms with van der Waals surface area (Å²) in [6.45, 7) is 11.8. The molecule has 49 heavy (non-hydrogen) atoms. The molecule has 256 valence electrons. The maximum atomic E-state index is 13.8. The number of nitrogens with zero attached hydrogens (tertiary/aromatic N) is 2. The average molecular weight is 661 g/mol. The van der Waals surface area contributed by atoms with Crippen LogP contribution in [0.25, 0.3) is 32.8 Å². The van der Waals surface area contributed by atoms with Gasteiger partial charge in [-0.05, 0) is 69.2 Å². The Kier molecular flexibility index (Phi) is 12.1. The molecule has 8 heteroatoms. The molecule has 0 amide bonds. The molecule has 0 aliphatic carbocycles. The van der Waals surface area contributed by atoms with Crippen LogP contribution in [0.3, 0.4) is 0 Å². The predicted molar refractivity (Wildman–Crippen MR) is 200 cm³/mol. The van der Waals surface area contributed by atoms with E-state index in [4.69, 9.17) is 9.47 Å². The summed E-state index contributed by atoms with van der Waals surface area (Å²) in [4.78, 5) is 13.8. The second-order valence-electron chi connectivity index (χ2n) is 11.8. The van der Waals surface area contributed by atoms with Crippen molar-refractivity contribution in [1.29, 1.82) is 0 Å². The number of hydrogen-bond donors (Lipinski definition) is 3. The van der Waals surface area contributed by atoms with Crippen LogP contribution in [-0.2, 0) is 24.3 Å². The average Bonchev–Trinajstić information content (AvgIpc) is 3.67. The zero-order valence-corrected chi connectivity index (χ0v) is 29.3. The van der Waals surface area contributed by atoms with Crippen molar-refractivity contribution < 1.29 is 19.4 Å². The van der Waals surface area contributed by atoms with Gasteiger partial charge in [-0.25, -0.2) is 4.79 Å². The summed E-state index contributed by atoms with van der Waals surface area (Å²) in [5, 5.41) is 24.3. The van der Waals surface area contributed by atoms with Crippen LogP contribution in [0.4, 0.5) is 5.69 Å². The number of aryl methyl sites for hydroxylation is 4. The monoisotopic (exact) mass is 660 g/mol. The molecular formula is C41H48N4O4. The highest BCUT2D eigenvalue weighted by Gasteiger charge is 2.27. The van der Waals surface area contributed by atoms with E-state index in [1.165, 1.54) is 5.56 Å². The van der Waals surface area contributed by atoms with Crippen molar-refractivity contribution in [1.82, 2.24) is 14.8 Å². The summed E-state index contributed by atoms with van der Waals surface area (Å²) in [6, 6.07) is 28.8. The quantitative estimate of drug-likeness (QED) is 0.0796. The van der Waals surface area contributed by atoms with Crippen LogP contribution in [0.2, 0.25) is 0 Å². The number of ether oxygens (including phenoxy) is 2. The summed E-state index contributed by atoms with van der Waals surface area (Å²) in [5.74, 6) is 0.517. The molecule has 0 radical (unpaired) electrons. The number of anilines is 1. The number of fused-ring (bicyclic) bond motifs is 2. The Hall–Kier alpha value is -5.08. The first-order valence-corrected chi connectivity index (χ1v) is 17.4. The van der Waals surface area contributed by atoms with Crippen LogP contribution < -0.4 is 10.1 Å². The van der Waals surface area contributed by atoms with Gasteiger partial charge in [-0.15, -0.1) is 0 Å². The van der Waals surface area contributed by atoms with Crippen LogP contribution >= 0.6 is 0 Å². The molecule has 0 atom stereocenters. The van der Waals surface area contributed by atoms with Gasteiger partial charge in [0.15, 0.2) is 0 Å². The van der Waals surface area contributed by atoms with E-state index in [2.05, 4.69) is 75.5 Å². The lowest BCUT2D eigenvalue weighted by Gasteiger charge is -2.15. The van der Waals surface area contributed by atoms with Crippen molar-refractivity contribution in [3.8, 4) is 16.9 Å². The third-order valence-electron chi connectivity index (χ3n) is 8.61. The number of aromatic amines is 1. The first-order valence-electron chi connectivity index (χ1n) is 17.4. The summed E-state index contributed by atoms with van der Waals surface area (Å²) in [7, 11) is 0. The molecule has 6 rings (SSSR count). The third-order valence-corrected chi connectivity index (χ3v) is 8.61. The Morgan fingerprint density at radius 2 is 1.65 bits per heavy atom. The Morgan fingerprint density at radius 1 is 0.918 bits per heavy atom. The predicted octanol–water partition coefficient (Wildman–Crippen LogP) is 9.01. The van der Waals surface area contributed by atoms with Gasteiger partial charge in [-0.3, -0.25) is 5.10 Å². The minimum Gasteiger partial charge on any atom is -0.493 e. The van der Waals surface area contributed by atoms with Gasteiger partial charge in [0, 0.05) is 46.4 Å². The molecule has 0 bridgehead atoms. The molecule has 0 spiro atoms. The highest BCUT2D eigenvalue weighted by atomic mass is 16.5. The van der Waals surface area contributed by atoms with Crippen molar-refractivity contribution in [2.45, 2.75) is 67.0 Å². The molecule has 8 nitrogen and oxygen atoms in total. The van der Waals surface area contributed by atoms with Crippen molar-refractivity contribution in [3.63, 3.8) is 0 Å². The summed E-state index contributed by atoms with van der Waals surface area (Å²) >= 11 is 0. The number of hydrogen-bond acceptors (Lipinski definition) is 6. The van der Waals surface area contributed by atoms with E-state index in [1.807, 2.05) is 64.1 Å². The molecule has 2 aromatic heterocycles. The number of carbonyl (C=O) groups is 1. The molecule has 4 aromatic carbocycles. The first kappa shape index (κ1) is 35.2. The normalized spacial score (nSPS) is 11.0. The highest BCUT2D eigenvalue weighted by molar-refractivity contribution is 6.05. The largest absolute Gasteiger partial charge is 0.493 e. The first-order chi connectivity index (χ1) is 24.0. The number of para-hydroxylation sites is 1. The van der Waals surface area contributed by atoms with Gasteiger partial charge in [-0.1, -0.05) is 86.1 Å². The lowest BCUT2D eigenvalue weighted by Crippen LogP contribution is -2.16. The van der Waals surface area contributed by atoms with Crippen LogP contribution in [0.15, 0.2) is 84.9 Å². The van der Waals surface area contributed by atoms with E-state index in [1.54, 1.807) is 0 Å². The van der Waals surface area contributed by atoms with E-state index in [0.29, 0.717) is 37.4 Å². The molecule has 6 aromatic rings. The number of nitrogens with one attached hydrogen (secondary N) is 2. The third kappa shape index (κ3) is 7.81. The fraction of sp³-hybridized carbons (Fsp3) is 0.317. The molecule has 0 aliphatic rings. The van der Waals surface area contributed by atoms with E-state index in [0.717, 1.165) is 68.5 Å². The lowest BCUT2D eigenvalue weighted by molar-refractivity contribution is 0.0512. The van der Waals surface area contributed by atoms with Gasteiger partial charge in [0.2, 0.25) is 0 Å². The highest BCUT2D eigenvalue weighted by Crippen LogP contribution is 2.38. The van der Waals surface area contributed by atoms with Gasteiger partial charge in [-0.2, -0.15) is 5.10 Å². The zero-order chi connectivity index (χ0) is 34.8. The van der Waals surface area contributed by atoms with Gasteiger partial charge < -0.3 is 24.5 Å². The second kappa shape index (κ2) is 16.8. The molecule has 0 unspecified atom stereocenters. The number of aliphatic hydroxyl groups excluding tert-OH is 1. The summed E-state index contributed by atoms with van der Waals surface area (Å²) in [5.41, 5.74) is 7.95. The maximum Gasteiger partial charge on any atom is 0.355 e. The van der Waals surface area contributed by atoms with Crippen LogP contribution in [0, 0.1) is 13.8 Å². The molecule has 2 heterocycles. The molecule has 3 N–H and O–H groups in total. The van der Waals surface area contributed by atoms with E-state index < -0.39 is 0 Å². The molecule has 0 saturated carbocycles. The van der Waals surface area contributed by atoms with Gasteiger partial charge in [0.25, 0.3) is 0 Å². The lowest BCUT2D eigenvalue weighted by atomic mass is 9.98. The standard InChI is InChI=1S/C39H42N4O4.C2H6/c1-4-46-39(45)38-32(16-9-24-47-35-17-7-12-28-11-5-6-13-30(28)35)31-14-8-15-33(36-27(3)41-42-34(36)25-44)37(31)43(38)23-10-22-40-29-20-18-26(2)19-21-29;1-2/h5-8,11-15,17-21,40,44H,4,9-10,16,22-25H2,1-3H3,(H,41,42);1-2H3. The number of benzene rings is 4. The number of H-pyrrole nitrogens is 1. The maximum absolute atomic E-state index is 13.8. The van der Waals surface area contributed by atoms with Crippen LogP contribution in [0.5, 0.6) is 5.75 Å². The summed E-state index contributed by atoms with van der Waals surface area (Å²) < 4.78 is 14.1. The minimum atomic E-state index is -0.336. The zero-order valence-electron chi connectivity index (χ0n) is 29.3. The van der Waals surface area contributed by atoms with Crippen molar-refractivity contribution in [2.24, 2.45) is 0 Å². The van der Waals surface area contributed by atoms with E-state index in [9.17, 15) is 9.90 Å². The number of rotatable bonds is 14. The van der Waals surface area contributed by atoms with Crippen LogP contribution in [-0.4, -0.2) is 45.6 Å². The Morgan fingerprint density at radius 3 is 2.43 bits per heavy atom. The van der Waals surface area contributed by atoms with Crippen LogP contribution in [0.1, 0.15) is 66.6 Å². The Bertz CT molecular complexity index is 1990. The Labute approximate surface area is 289 Å². The van der Waals surface area contributed by atoms with Gasteiger partial charge in [0.05, 0.1) is 31.0 Å². The minimum absolute atomic E-state index is 0.194. The van der Waals surface area contributed by atoms with E-state index >= 15 is 0 Å².